The molecule has 1 aromatic heterocycles. The third-order valence-electron chi connectivity index (χ3n) is 5.24. The second-order valence-electron chi connectivity index (χ2n) is 8.01. The summed E-state index contributed by atoms with van der Waals surface area (Å²) < 4.78 is 1.93. The molecule has 0 radical (unpaired) electrons. The molecule has 0 unspecified atom stereocenters. The number of hydrogen-bond acceptors (Lipinski definition) is 5. The van der Waals surface area contributed by atoms with Gasteiger partial charge in [0.2, 0.25) is 5.91 Å². The number of carbonyl (C=O) groups excluding carboxylic acids is 1. The smallest absolute Gasteiger partial charge is 0.234 e. The van der Waals surface area contributed by atoms with Gasteiger partial charge < -0.3 is 5.32 Å². The van der Waals surface area contributed by atoms with E-state index >= 15 is 0 Å². The minimum atomic E-state index is -0.197. The normalized spacial score (nSPS) is 10.9. The Bertz CT molecular complexity index is 1410. The zero-order valence-corrected chi connectivity index (χ0v) is 21.3. The molecule has 4 rings (SSSR count). The van der Waals surface area contributed by atoms with Crippen LogP contribution >= 0.6 is 35.0 Å². The number of halogens is 2. The number of nitrogens with zero attached hydrogens (tertiary/aromatic N) is 4. The summed E-state index contributed by atoms with van der Waals surface area (Å²) in [6.45, 7) is 4.24. The molecule has 6 nitrogen and oxygen atoms in total. The number of nitrogens with one attached hydrogen (secondary N) is 1. The molecule has 9 heteroatoms. The third-order valence-corrected chi connectivity index (χ3v) is 6.71. The second kappa shape index (κ2) is 11.0. The van der Waals surface area contributed by atoms with Crippen LogP contribution in [-0.2, 0) is 4.79 Å². The number of amides is 1. The molecular formula is C26H21Cl2N5OS. The number of hydrogen-bond donors (Lipinski definition) is 1. The fraction of sp³-hybridized carbons (Fsp3) is 0.154. The second-order valence-corrected chi connectivity index (χ2v) is 9.79. The summed E-state index contributed by atoms with van der Waals surface area (Å²) in [5, 5.41) is 22.2. The van der Waals surface area contributed by atoms with E-state index in [-0.39, 0.29) is 17.6 Å². The van der Waals surface area contributed by atoms with Crippen molar-refractivity contribution in [3.8, 4) is 23.1 Å². The monoisotopic (exact) mass is 521 g/mol. The highest BCUT2D eigenvalue weighted by atomic mass is 35.5. The van der Waals surface area contributed by atoms with E-state index in [0.29, 0.717) is 37.8 Å². The van der Waals surface area contributed by atoms with Crippen molar-refractivity contribution in [2.24, 2.45) is 0 Å². The fourth-order valence-electron chi connectivity index (χ4n) is 3.56. The number of para-hydroxylation sites is 1. The summed E-state index contributed by atoms with van der Waals surface area (Å²) in [4.78, 5) is 12.6. The lowest BCUT2D eigenvalue weighted by Gasteiger charge is -2.17. The molecule has 0 saturated carbocycles. The van der Waals surface area contributed by atoms with Crippen LogP contribution in [0, 0.1) is 11.3 Å². The Morgan fingerprint density at radius 2 is 1.83 bits per heavy atom. The van der Waals surface area contributed by atoms with Crippen LogP contribution in [0.25, 0.3) is 17.1 Å². The number of benzene rings is 3. The summed E-state index contributed by atoms with van der Waals surface area (Å²) in [6, 6.07) is 22.0. The van der Waals surface area contributed by atoms with E-state index in [4.69, 9.17) is 28.5 Å². The summed E-state index contributed by atoms with van der Waals surface area (Å²) >= 11 is 13.9. The van der Waals surface area contributed by atoms with Crippen molar-refractivity contribution >= 4 is 46.6 Å². The molecule has 0 fully saturated rings. The van der Waals surface area contributed by atoms with Gasteiger partial charge >= 0.3 is 0 Å². The lowest BCUT2D eigenvalue weighted by Crippen LogP contribution is -2.14. The summed E-state index contributed by atoms with van der Waals surface area (Å²) in [6.07, 6.45) is 0. The van der Waals surface area contributed by atoms with Crippen LogP contribution in [0.3, 0.4) is 0 Å². The van der Waals surface area contributed by atoms with Crippen molar-refractivity contribution in [3.63, 3.8) is 0 Å². The number of rotatable bonds is 7. The first-order valence-corrected chi connectivity index (χ1v) is 12.5. The van der Waals surface area contributed by atoms with Crippen LogP contribution in [0.4, 0.5) is 5.69 Å². The number of nitriles is 1. The molecule has 1 N–H and O–H groups in total. The van der Waals surface area contributed by atoms with Crippen LogP contribution in [0.2, 0.25) is 10.0 Å². The molecule has 1 amide bonds. The van der Waals surface area contributed by atoms with Crippen molar-refractivity contribution < 1.29 is 4.79 Å². The van der Waals surface area contributed by atoms with Gasteiger partial charge in [-0.3, -0.25) is 9.36 Å². The van der Waals surface area contributed by atoms with E-state index in [2.05, 4.69) is 41.5 Å². The fourth-order valence-corrected chi connectivity index (χ4v) is 4.80. The van der Waals surface area contributed by atoms with Gasteiger partial charge in [0, 0.05) is 16.3 Å². The Morgan fingerprint density at radius 1 is 1.09 bits per heavy atom. The largest absolute Gasteiger partial charge is 0.325 e. The molecule has 35 heavy (non-hydrogen) atoms. The molecule has 0 aliphatic carbocycles. The van der Waals surface area contributed by atoms with E-state index in [1.807, 2.05) is 28.8 Å². The predicted octanol–water partition coefficient (Wildman–Crippen LogP) is 6.97. The standard InChI is InChI=1S/C26H21Cl2N5OS/c1-16(2)20-5-3-4-6-23(20)33-25(21-12-9-18(27)13-22(21)28)31-32-26(33)35-15-24(34)30-19-10-7-17(14-29)8-11-19/h3-13,16H,15H2,1-2H3,(H,30,34). The maximum absolute atomic E-state index is 12.6. The quantitative estimate of drug-likeness (QED) is 0.265. The molecule has 0 saturated heterocycles. The highest BCUT2D eigenvalue weighted by molar-refractivity contribution is 7.99. The maximum atomic E-state index is 12.6. The summed E-state index contributed by atoms with van der Waals surface area (Å²) in [5.74, 6) is 0.739. The van der Waals surface area contributed by atoms with E-state index in [9.17, 15) is 4.79 Å². The lowest BCUT2D eigenvalue weighted by atomic mass is 10.0. The minimum Gasteiger partial charge on any atom is -0.325 e. The van der Waals surface area contributed by atoms with E-state index in [0.717, 1.165) is 11.3 Å². The highest BCUT2D eigenvalue weighted by Gasteiger charge is 2.21. The number of anilines is 1. The van der Waals surface area contributed by atoms with Crippen molar-refractivity contribution in [1.82, 2.24) is 14.8 Å². The SMILES string of the molecule is CC(C)c1ccccc1-n1c(SCC(=O)Nc2ccc(C#N)cc2)nnc1-c1ccc(Cl)cc1Cl. The molecule has 0 aliphatic rings. The minimum absolute atomic E-state index is 0.121. The Kier molecular flexibility index (Phi) is 7.76. The lowest BCUT2D eigenvalue weighted by molar-refractivity contribution is -0.113. The van der Waals surface area contributed by atoms with Gasteiger partial charge in [-0.25, -0.2) is 0 Å². The molecule has 3 aromatic carbocycles. The van der Waals surface area contributed by atoms with Crippen molar-refractivity contribution in [2.75, 3.05) is 11.1 Å². The van der Waals surface area contributed by atoms with Crippen LogP contribution in [0.15, 0.2) is 71.9 Å². The Hall–Kier alpha value is -3.31. The predicted molar refractivity (Wildman–Crippen MR) is 141 cm³/mol. The number of carbonyl (C=O) groups is 1. The van der Waals surface area contributed by atoms with Gasteiger partial charge in [0.1, 0.15) is 0 Å². The van der Waals surface area contributed by atoms with E-state index in [1.54, 1.807) is 36.4 Å². The van der Waals surface area contributed by atoms with Crippen molar-refractivity contribution in [3.05, 3.63) is 87.9 Å². The third kappa shape index (κ3) is 5.68. The molecule has 1 heterocycles. The van der Waals surface area contributed by atoms with Gasteiger partial charge in [0.15, 0.2) is 11.0 Å². The molecule has 0 atom stereocenters. The van der Waals surface area contributed by atoms with Crippen molar-refractivity contribution in [2.45, 2.75) is 24.9 Å². The Morgan fingerprint density at radius 3 is 2.51 bits per heavy atom. The maximum Gasteiger partial charge on any atom is 0.234 e. The van der Waals surface area contributed by atoms with Gasteiger partial charge in [-0.05, 0) is 60.0 Å². The van der Waals surface area contributed by atoms with Crippen LogP contribution in [0.1, 0.15) is 30.9 Å². The molecular weight excluding hydrogens is 501 g/mol. The number of aromatic nitrogens is 3. The highest BCUT2D eigenvalue weighted by Crippen LogP contribution is 2.35. The van der Waals surface area contributed by atoms with Crippen LogP contribution < -0.4 is 5.32 Å². The van der Waals surface area contributed by atoms with E-state index < -0.39 is 0 Å². The topological polar surface area (TPSA) is 83.6 Å². The van der Waals surface area contributed by atoms with E-state index in [1.165, 1.54) is 11.8 Å². The first-order chi connectivity index (χ1) is 16.9. The first kappa shape index (κ1) is 24.8. The van der Waals surface area contributed by atoms with Crippen LogP contribution in [-0.4, -0.2) is 26.4 Å². The van der Waals surface area contributed by atoms with Crippen molar-refractivity contribution in [1.29, 1.82) is 5.26 Å². The number of thioether (sulfide) groups is 1. The van der Waals surface area contributed by atoms with Gasteiger partial charge in [0.25, 0.3) is 0 Å². The van der Waals surface area contributed by atoms with Gasteiger partial charge in [-0.15, -0.1) is 10.2 Å². The van der Waals surface area contributed by atoms with Crippen LogP contribution in [0.5, 0.6) is 0 Å². The average Bonchev–Trinajstić information content (AvgIpc) is 3.26. The zero-order valence-electron chi connectivity index (χ0n) is 19.0. The summed E-state index contributed by atoms with van der Waals surface area (Å²) in [7, 11) is 0. The molecule has 0 aliphatic heterocycles. The zero-order chi connectivity index (χ0) is 24.9. The van der Waals surface area contributed by atoms with Gasteiger partial charge in [-0.1, -0.05) is 67.0 Å². The van der Waals surface area contributed by atoms with Gasteiger partial charge in [-0.2, -0.15) is 5.26 Å². The average molecular weight is 522 g/mol. The molecule has 0 bridgehead atoms. The molecule has 176 valence electrons. The first-order valence-electron chi connectivity index (χ1n) is 10.8. The Balaban J connectivity index is 1.67. The van der Waals surface area contributed by atoms with Gasteiger partial charge in [0.05, 0.1) is 28.1 Å². The summed E-state index contributed by atoms with van der Waals surface area (Å²) in [5.41, 5.74) is 3.87. The molecule has 4 aromatic rings. The molecule has 0 spiro atoms. The Labute approximate surface area is 217 Å².